The minimum atomic E-state index is -0.0646. The van der Waals surface area contributed by atoms with Crippen LogP contribution < -0.4 is 10.6 Å². The highest BCUT2D eigenvalue weighted by Crippen LogP contribution is 2.32. The second-order valence-electron chi connectivity index (χ2n) is 5.83. The Morgan fingerprint density at radius 2 is 1.73 bits per heavy atom. The molecule has 4 rings (SSSR count). The number of carbonyl (C=O) groups excluding carboxylic acids is 1. The van der Waals surface area contributed by atoms with Gasteiger partial charge in [-0.3, -0.25) is 4.79 Å². The number of fused-ring (bicyclic) bond motifs is 3. The highest BCUT2D eigenvalue weighted by atomic mass is 16.2. The molecule has 22 heavy (non-hydrogen) atoms. The topological polar surface area (TPSA) is 41.1 Å². The van der Waals surface area contributed by atoms with Crippen molar-refractivity contribution in [1.29, 1.82) is 0 Å². The van der Waals surface area contributed by atoms with Crippen molar-refractivity contribution in [2.45, 2.75) is 18.9 Å². The summed E-state index contributed by atoms with van der Waals surface area (Å²) in [5, 5.41) is 11.0. The van der Waals surface area contributed by atoms with E-state index in [0.717, 1.165) is 35.8 Å². The van der Waals surface area contributed by atoms with Crippen molar-refractivity contribution < 1.29 is 4.79 Å². The van der Waals surface area contributed by atoms with Gasteiger partial charge in [0.2, 0.25) is 5.91 Å². The van der Waals surface area contributed by atoms with Gasteiger partial charge in [0.1, 0.15) is 0 Å². The lowest BCUT2D eigenvalue weighted by Gasteiger charge is -2.14. The third kappa shape index (κ3) is 2.24. The van der Waals surface area contributed by atoms with E-state index in [4.69, 9.17) is 0 Å². The van der Waals surface area contributed by atoms with Crippen molar-refractivity contribution in [3.8, 4) is 0 Å². The zero-order valence-corrected chi connectivity index (χ0v) is 12.3. The number of hydrogen-bond acceptors (Lipinski definition) is 2. The first-order chi connectivity index (χ1) is 10.8. The molecule has 0 spiro atoms. The molecule has 0 aromatic heterocycles. The number of hydrogen-bond donors (Lipinski definition) is 2. The summed E-state index contributed by atoms with van der Waals surface area (Å²) in [5.74, 6) is 0.0675. The summed E-state index contributed by atoms with van der Waals surface area (Å²) in [5.41, 5.74) is 0.896. The molecule has 110 valence electrons. The van der Waals surface area contributed by atoms with Crippen molar-refractivity contribution in [2.24, 2.45) is 0 Å². The molecule has 1 saturated heterocycles. The SMILES string of the molecule is O=C(Nc1cc2ccccc2c2ccccc12)[C@@H]1CCCN1. The van der Waals surface area contributed by atoms with Gasteiger partial charge in [-0.15, -0.1) is 0 Å². The van der Waals surface area contributed by atoms with E-state index in [2.05, 4.69) is 47.0 Å². The first kappa shape index (κ1) is 13.3. The first-order valence-corrected chi connectivity index (χ1v) is 7.78. The van der Waals surface area contributed by atoms with Gasteiger partial charge >= 0.3 is 0 Å². The van der Waals surface area contributed by atoms with Gasteiger partial charge in [0.05, 0.1) is 6.04 Å². The molecule has 2 N–H and O–H groups in total. The van der Waals surface area contributed by atoms with Gasteiger partial charge in [0.25, 0.3) is 0 Å². The summed E-state index contributed by atoms with van der Waals surface area (Å²) in [6.45, 7) is 0.927. The van der Waals surface area contributed by atoms with Gasteiger partial charge in [-0.25, -0.2) is 0 Å². The fourth-order valence-corrected chi connectivity index (χ4v) is 3.29. The third-order valence-electron chi connectivity index (χ3n) is 4.40. The van der Waals surface area contributed by atoms with Gasteiger partial charge in [-0.05, 0) is 41.6 Å². The highest BCUT2D eigenvalue weighted by Gasteiger charge is 2.22. The Morgan fingerprint density at radius 3 is 2.50 bits per heavy atom. The molecule has 1 aliphatic heterocycles. The Hall–Kier alpha value is -2.39. The Balaban J connectivity index is 1.83. The molecule has 0 saturated carbocycles. The van der Waals surface area contributed by atoms with Crippen molar-refractivity contribution in [2.75, 3.05) is 11.9 Å². The van der Waals surface area contributed by atoms with Crippen LogP contribution in [-0.2, 0) is 4.79 Å². The maximum Gasteiger partial charge on any atom is 0.241 e. The van der Waals surface area contributed by atoms with Crippen LogP contribution in [-0.4, -0.2) is 18.5 Å². The van der Waals surface area contributed by atoms with E-state index in [9.17, 15) is 4.79 Å². The molecule has 0 aliphatic carbocycles. The molecule has 3 aromatic rings. The zero-order valence-electron chi connectivity index (χ0n) is 12.3. The molecule has 1 amide bonds. The van der Waals surface area contributed by atoms with Crippen LogP contribution in [0.1, 0.15) is 12.8 Å². The van der Waals surface area contributed by atoms with Gasteiger partial charge in [-0.2, -0.15) is 0 Å². The molecule has 1 aliphatic rings. The van der Waals surface area contributed by atoms with E-state index in [-0.39, 0.29) is 11.9 Å². The highest BCUT2D eigenvalue weighted by molar-refractivity contribution is 6.15. The molecular formula is C19H18N2O. The predicted molar refractivity (Wildman–Crippen MR) is 91.1 cm³/mol. The molecular weight excluding hydrogens is 272 g/mol. The molecule has 3 nitrogen and oxygen atoms in total. The van der Waals surface area contributed by atoms with Gasteiger partial charge in [0.15, 0.2) is 0 Å². The normalized spacial score (nSPS) is 17.9. The Bertz CT molecular complexity index is 850. The minimum absolute atomic E-state index is 0.0646. The summed E-state index contributed by atoms with van der Waals surface area (Å²) in [7, 11) is 0. The molecule has 3 aromatic carbocycles. The van der Waals surface area contributed by atoms with Crippen LogP contribution in [0.15, 0.2) is 54.6 Å². The van der Waals surface area contributed by atoms with Crippen LogP contribution in [0, 0.1) is 0 Å². The van der Waals surface area contributed by atoms with Crippen molar-refractivity contribution in [3.05, 3.63) is 54.6 Å². The standard InChI is InChI=1S/C19H18N2O/c22-19(17-10-5-11-20-17)21-18-12-13-6-1-2-7-14(13)15-8-3-4-9-16(15)18/h1-4,6-9,12,17,20H,5,10-11H2,(H,21,22)/t17-/m0/s1. The van der Waals surface area contributed by atoms with Crippen LogP contribution in [0.3, 0.4) is 0 Å². The van der Waals surface area contributed by atoms with E-state index in [1.807, 2.05) is 18.2 Å². The zero-order chi connectivity index (χ0) is 14.9. The summed E-state index contributed by atoms with van der Waals surface area (Å²) in [6.07, 6.45) is 1.98. The summed E-state index contributed by atoms with van der Waals surface area (Å²) >= 11 is 0. The van der Waals surface area contributed by atoms with Gasteiger partial charge in [0, 0.05) is 11.1 Å². The van der Waals surface area contributed by atoms with E-state index >= 15 is 0 Å². The second-order valence-corrected chi connectivity index (χ2v) is 5.83. The number of rotatable bonds is 2. The van der Waals surface area contributed by atoms with E-state index in [1.54, 1.807) is 0 Å². The lowest BCUT2D eigenvalue weighted by atomic mass is 10.00. The molecule has 0 radical (unpaired) electrons. The summed E-state index contributed by atoms with van der Waals surface area (Å²) < 4.78 is 0. The maximum absolute atomic E-state index is 12.4. The number of amides is 1. The summed E-state index contributed by atoms with van der Waals surface area (Å²) in [4.78, 5) is 12.4. The van der Waals surface area contributed by atoms with Crippen molar-refractivity contribution >= 4 is 33.1 Å². The first-order valence-electron chi connectivity index (χ1n) is 7.78. The van der Waals surface area contributed by atoms with E-state index < -0.39 is 0 Å². The van der Waals surface area contributed by atoms with E-state index in [1.165, 1.54) is 10.8 Å². The Morgan fingerprint density at radius 1 is 1.00 bits per heavy atom. The maximum atomic E-state index is 12.4. The predicted octanol–water partition coefficient (Wildman–Crippen LogP) is 3.68. The summed E-state index contributed by atoms with van der Waals surface area (Å²) in [6, 6.07) is 18.5. The number of nitrogens with one attached hydrogen (secondary N) is 2. The molecule has 3 heteroatoms. The van der Waals surface area contributed by atoms with Gasteiger partial charge < -0.3 is 10.6 Å². The van der Waals surface area contributed by atoms with Crippen molar-refractivity contribution in [1.82, 2.24) is 5.32 Å². The monoisotopic (exact) mass is 290 g/mol. The Labute approximate surface area is 129 Å². The van der Waals surface area contributed by atoms with Crippen LogP contribution >= 0.6 is 0 Å². The fourth-order valence-electron chi connectivity index (χ4n) is 3.29. The average Bonchev–Trinajstić information content (AvgIpc) is 3.10. The van der Waals surface area contributed by atoms with Crippen LogP contribution in [0.25, 0.3) is 21.5 Å². The molecule has 0 bridgehead atoms. The largest absolute Gasteiger partial charge is 0.324 e. The van der Waals surface area contributed by atoms with Crippen LogP contribution in [0.2, 0.25) is 0 Å². The number of carbonyl (C=O) groups is 1. The fraction of sp³-hybridized carbons (Fsp3) is 0.211. The van der Waals surface area contributed by atoms with E-state index in [0.29, 0.717) is 0 Å². The molecule has 1 atom stereocenters. The number of benzene rings is 3. The quantitative estimate of drug-likeness (QED) is 0.707. The number of anilines is 1. The minimum Gasteiger partial charge on any atom is -0.324 e. The average molecular weight is 290 g/mol. The molecule has 1 fully saturated rings. The van der Waals surface area contributed by atoms with Crippen LogP contribution in [0.5, 0.6) is 0 Å². The second kappa shape index (κ2) is 5.43. The third-order valence-corrected chi connectivity index (χ3v) is 4.40. The van der Waals surface area contributed by atoms with Gasteiger partial charge in [-0.1, -0.05) is 48.5 Å². The van der Waals surface area contributed by atoms with Crippen LogP contribution in [0.4, 0.5) is 5.69 Å². The Kier molecular flexibility index (Phi) is 3.28. The smallest absolute Gasteiger partial charge is 0.241 e. The molecule has 0 unspecified atom stereocenters. The lowest BCUT2D eigenvalue weighted by Crippen LogP contribution is -2.35. The lowest BCUT2D eigenvalue weighted by molar-refractivity contribution is -0.117. The molecule has 1 heterocycles. The van der Waals surface area contributed by atoms with Crippen molar-refractivity contribution in [3.63, 3.8) is 0 Å².